The second-order valence-electron chi connectivity index (χ2n) is 6.04. The van der Waals surface area contributed by atoms with E-state index in [0.29, 0.717) is 12.4 Å². The summed E-state index contributed by atoms with van der Waals surface area (Å²) in [7, 11) is 0. The third-order valence-corrected chi connectivity index (χ3v) is 4.19. The molecule has 4 nitrogen and oxygen atoms in total. The third-order valence-electron chi connectivity index (χ3n) is 4.19. The van der Waals surface area contributed by atoms with Crippen LogP contribution < -0.4 is 10.5 Å². The van der Waals surface area contributed by atoms with Gasteiger partial charge in [-0.25, -0.2) is 0 Å². The molecule has 0 saturated heterocycles. The number of nitrogens with two attached hydrogens (primary N) is 1. The fraction of sp³-hybridized carbons (Fsp3) is 0.190. The first-order chi connectivity index (χ1) is 12.1. The minimum atomic E-state index is -1.01. The Bertz CT molecular complexity index is 876. The van der Waals surface area contributed by atoms with Crippen molar-refractivity contribution in [1.82, 2.24) is 0 Å². The van der Waals surface area contributed by atoms with Gasteiger partial charge in [-0.15, -0.1) is 0 Å². The molecule has 0 aliphatic heterocycles. The van der Waals surface area contributed by atoms with E-state index in [4.69, 9.17) is 15.6 Å². The number of carboxylic acids is 1. The molecule has 3 N–H and O–H groups in total. The summed E-state index contributed by atoms with van der Waals surface area (Å²) in [6, 6.07) is 21.2. The molecule has 128 valence electrons. The highest BCUT2D eigenvalue weighted by Gasteiger charge is 2.14. The first-order valence-corrected chi connectivity index (χ1v) is 8.30. The molecule has 0 bridgehead atoms. The number of hydrogen-bond acceptors (Lipinski definition) is 3. The molecule has 0 aromatic heterocycles. The molecule has 3 aromatic rings. The van der Waals surface area contributed by atoms with Crippen molar-refractivity contribution < 1.29 is 14.6 Å². The van der Waals surface area contributed by atoms with Crippen LogP contribution in [0.3, 0.4) is 0 Å². The lowest BCUT2D eigenvalue weighted by atomic mass is 10.0. The largest absolute Gasteiger partial charge is 0.493 e. The number of rotatable bonds is 7. The maximum Gasteiger partial charge on any atom is 0.320 e. The molecule has 0 spiro atoms. The quantitative estimate of drug-likeness (QED) is 0.694. The van der Waals surface area contributed by atoms with Gasteiger partial charge in [-0.1, -0.05) is 60.7 Å². The Morgan fingerprint density at radius 3 is 2.52 bits per heavy atom. The Hall–Kier alpha value is -2.85. The van der Waals surface area contributed by atoms with Crippen molar-refractivity contribution in [3.63, 3.8) is 0 Å². The number of benzene rings is 3. The lowest BCUT2D eigenvalue weighted by Gasteiger charge is -2.13. The Balaban J connectivity index is 1.64. The molecule has 0 saturated carbocycles. The summed E-state index contributed by atoms with van der Waals surface area (Å²) in [5, 5.41) is 11.4. The summed E-state index contributed by atoms with van der Waals surface area (Å²) >= 11 is 0. The Labute approximate surface area is 146 Å². The number of hydrogen-bond donors (Lipinski definition) is 2. The first kappa shape index (κ1) is 17.0. The number of para-hydroxylation sites is 1. The van der Waals surface area contributed by atoms with Gasteiger partial charge >= 0.3 is 5.97 Å². The average Bonchev–Trinajstić information content (AvgIpc) is 2.63. The summed E-state index contributed by atoms with van der Waals surface area (Å²) in [5.74, 6) is -0.314. The number of fused-ring (bicyclic) bond motifs is 1. The normalized spacial score (nSPS) is 12.0. The van der Waals surface area contributed by atoms with Gasteiger partial charge in [-0.3, -0.25) is 4.79 Å². The van der Waals surface area contributed by atoms with Crippen LogP contribution >= 0.6 is 0 Å². The Kier molecular flexibility index (Phi) is 5.31. The number of carbonyl (C=O) groups is 1. The third kappa shape index (κ3) is 4.37. The highest BCUT2D eigenvalue weighted by atomic mass is 16.5. The fourth-order valence-electron chi connectivity index (χ4n) is 2.81. The van der Waals surface area contributed by atoms with Gasteiger partial charge in [-0.05, 0) is 28.0 Å². The van der Waals surface area contributed by atoms with E-state index in [2.05, 4.69) is 30.3 Å². The van der Waals surface area contributed by atoms with Gasteiger partial charge in [0.15, 0.2) is 0 Å². The van der Waals surface area contributed by atoms with Crippen molar-refractivity contribution in [3.05, 3.63) is 77.9 Å². The van der Waals surface area contributed by atoms with Gasteiger partial charge in [0, 0.05) is 12.8 Å². The molecule has 25 heavy (non-hydrogen) atoms. The van der Waals surface area contributed by atoms with E-state index in [9.17, 15) is 4.79 Å². The second-order valence-corrected chi connectivity index (χ2v) is 6.04. The van der Waals surface area contributed by atoms with Crippen LogP contribution in [0, 0.1) is 0 Å². The van der Waals surface area contributed by atoms with Crippen LogP contribution in [0.1, 0.15) is 11.1 Å². The van der Waals surface area contributed by atoms with Gasteiger partial charge < -0.3 is 15.6 Å². The smallest absolute Gasteiger partial charge is 0.320 e. The van der Waals surface area contributed by atoms with E-state index in [1.54, 1.807) is 0 Å². The first-order valence-electron chi connectivity index (χ1n) is 8.30. The van der Waals surface area contributed by atoms with Crippen LogP contribution in [0.25, 0.3) is 10.8 Å². The lowest BCUT2D eigenvalue weighted by molar-refractivity contribution is -0.138. The predicted molar refractivity (Wildman–Crippen MR) is 98.9 cm³/mol. The molecule has 0 aliphatic carbocycles. The minimum Gasteiger partial charge on any atom is -0.493 e. The SMILES string of the molecule is N[C@@H](Cc1ccccc1OCCc1ccc2ccccc2c1)C(=O)O. The fourth-order valence-corrected chi connectivity index (χ4v) is 2.81. The van der Waals surface area contributed by atoms with Gasteiger partial charge in [0.1, 0.15) is 11.8 Å². The molecule has 0 aliphatic rings. The number of ether oxygens (including phenoxy) is 1. The summed E-state index contributed by atoms with van der Waals surface area (Å²) < 4.78 is 5.89. The van der Waals surface area contributed by atoms with Crippen LogP contribution in [0.2, 0.25) is 0 Å². The zero-order valence-electron chi connectivity index (χ0n) is 13.9. The molecule has 3 rings (SSSR count). The Morgan fingerprint density at radius 2 is 1.72 bits per heavy atom. The molecule has 0 fully saturated rings. The van der Waals surface area contributed by atoms with Gasteiger partial charge in [0.25, 0.3) is 0 Å². The summed E-state index contributed by atoms with van der Waals surface area (Å²) in [4.78, 5) is 11.0. The molecule has 1 atom stereocenters. The molecule has 0 radical (unpaired) electrons. The van der Waals surface area contributed by atoms with Crippen LogP contribution in [-0.2, 0) is 17.6 Å². The highest BCUT2D eigenvalue weighted by Crippen LogP contribution is 2.20. The monoisotopic (exact) mass is 335 g/mol. The Morgan fingerprint density at radius 1 is 1.00 bits per heavy atom. The van der Waals surface area contributed by atoms with Gasteiger partial charge in [0.05, 0.1) is 6.61 Å². The zero-order chi connectivity index (χ0) is 17.6. The zero-order valence-corrected chi connectivity index (χ0v) is 13.9. The van der Waals surface area contributed by atoms with Crippen LogP contribution in [0.5, 0.6) is 5.75 Å². The van der Waals surface area contributed by atoms with Crippen molar-refractivity contribution >= 4 is 16.7 Å². The molecule has 0 unspecified atom stereocenters. The van der Waals surface area contributed by atoms with E-state index in [1.807, 2.05) is 36.4 Å². The van der Waals surface area contributed by atoms with Crippen molar-refractivity contribution in [1.29, 1.82) is 0 Å². The van der Waals surface area contributed by atoms with Crippen molar-refractivity contribution in [3.8, 4) is 5.75 Å². The average molecular weight is 335 g/mol. The lowest BCUT2D eigenvalue weighted by Crippen LogP contribution is -2.32. The maximum absolute atomic E-state index is 11.0. The maximum atomic E-state index is 11.0. The van der Waals surface area contributed by atoms with E-state index in [1.165, 1.54) is 16.3 Å². The standard InChI is InChI=1S/C21H21NO3/c22-19(21(23)24)14-18-7-3-4-8-20(18)25-12-11-15-9-10-16-5-1-2-6-17(16)13-15/h1-10,13,19H,11-12,14,22H2,(H,23,24)/t19-/m0/s1. The molecular formula is C21H21NO3. The summed E-state index contributed by atoms with van der Waals surface area (Å²) in [6.07, 6.45) is 1.03. The van der Waals surface area contributed by atoms with E-state index in [-0.39, 0.29) is 6.42 Å². The van der Waals surface area contributed by atoms with Crippen molar-refractivity contribution in [2.24, 2.45) is 5.73 Å². The van der Waals surface area contributed by atoms with E-state index >= 15 is 0 Å². The molecule has 3 aromatic carbocycles. The highest BCUT2D eigenvalue weighted by molar-refractivity contribution is 5.83. The van der Waals surface area contributed by atoms with E-state index in [0.717, 1.165) is 12.0 Å². The van der Waals surface area contributed by atoms with Crippen molar-refractivity contribution in [2.75, 3.05) is 6.61 Å². The van der Waals surface area contributed by atoms with Crippen LogP contribution in [0.4, 0.5) is 0 Å². The van der Waals surface area contributed by atoms with E-state index < -0.39 is 12.0 Å². The summed E-state index contributed by atoms with van der Waals surface area (Å²) in [5.41, 5.74) is 7.66. The minimum absolute atomic E-state index is 0.251. The van der Waals surface area contributed by atoms with Gasteiger partial charge in [-0.2, -0.15) is 0 Å². The van der Waals surface area contributed by atoms with Crippen LogP contribution in [-0.4, -0.2) is 23.7 Å². The number of aliphatic carboxylic acids is 1. The number of carboxylic acid groups (broad SMARTS) is 1. The molecule has 4 heteroatoms. The summed E-state index contributed by atoms with van der Waals surface area (Å²) in [6.45, 7) is 0.525. The predicted octanol–water partition coefficient (Wildman–Crippen LogP) is 3.42. The molecule has 0 heterocycles. The molecular weight excluding hydrogens is 314 g/mol. The molecule has 0 amide bonds. The van der Waals surface area contributed by atoms with Gasteiger partial charge in [0.2, 0.25) is 0 Å². The van der Waals surface area contributed by atoms with Crippen LogP contribution in [0.15, 0.2) is 66.7 Å². The second kappa shape index (κ2) is 7.81. The van der Waals surface area contributed by atoms with Crippen molar-refractivity contribution in [2.45, 2.75) is 18.9 Å². The topological polar surface area (TPSA) is 72.5 Å².